The predicted molar refractivity (Wildman–Crippen MR) is 197 cm³/mol. The zero-order valence-electron chi connectivity index (χ0n) is 27.8. The third kappa shape index (κ3) is 8.44. The van der Waals surface area contributed by atoms with Gasteiger partial charge in [0, 0.05) is 44.2 Å². The third-order valence-corrected chi connectivity index (χ3v) is 10.1. The van der Waals surface area contributed by atoms with E-state index in [1.807, 2.05) is 85.9 Å². The van der Waals surface area contributed by atoms with Gasteiger partial charge in [-0.25, -0.2) is 9.78 Å². The van der Waals surface area contributed by atoms with Gasteiger partial charge in [-0.3, -0.25) is 4.79 Å². The highest BCUT2D eigenvalue weighted by atomic mass is 35.5. The van der Waals surface area contributed by atoms with Crippen LogP contribution in [0.4, 0.5) is 5.95 Å². The normalized spacial score (nSPS) is 14.4. The van der Waals surface area contributed by atoms with Gasteiger partial charge in [0.1, 0.15) is 0 Å². The van der Waals surface area contributed by atoms with Gasteiger partial charge in [-0.15, -0.1) is 0 Å². The highest BCUT2D eigenvalue weighted by Gasteiger charge is 2.24. The Morgan fingerprint density at radius 3 is 2.35 bits per heavy atom. The van der Waals surface area contributed by atoms with Gasteiger partial charge in [0.25, 0.3) is 5.91 Å². The Morgan fingerprint density at radius 1 is 0.918 bits per heavy atom. The van der Waals surface area contributed by atoms with E-state index in [1.165, 1.54) is 7.11 Å². The number of ether oxygens (including phenoxy) is 1. The van der Waals surface area contributed by atoms with Crippen molar-refractivity contribution in [1.29, 1.82) is 0 Å². The van der Waals surface area contributed by atoms with Gasteiger partial charge in [-0.1, -0.05) is 71.7 Å². The molecule has 8 nitrogen and oxygen atoms in total. The van der Waals surface area contributed by atoms with Crippen molar-refractivity contribution >= 4 is 52.1 Å². The molecule has 5 aromatic rings. The first-order chi connectivity index (χ1) is 23.8. The molecule has 0 aliphatic carbocycles. The Morgan fingerprint density at radius 2 is 1.63 bits per heavy atom. The van der Waals surface area contributed by atoms with Gasteiger partial charge in [0.2, 0.25) is 5.95 Å². The zero-order chi connectivity index (χ0) is 34.3. The fraction of sp³-hybridized carbons (Fsp3) is 0.308. The summed E-state index contributed by atoms with van der Waals surface area (Å²) in [6.07, 6.45) is 2.86. The first-order valence-corrected chi connectivity index (χ1v) is 17.4. The quantitative estimate of drug-likeness (QED) is 0.133. The maximum Gasteiger partial charge on any atom is 0.337 e. The van der Waals surface area contributed by atoms with Crippen molar-refractivity contribution in [2.75, 3.05) is 45.7 Å². The minimum atomic E-state index is -0.344. The number of likely N-dealkylation sites (tertiary alicyclic amines) is 1. The standard InChI is InChI=1S/C39H41Cl2N5O3/c1-44(37(47)28-8-4-3-5-9-28)26-31(30-16-17-33(40)34(41)24-30)18-21-45-22-19-32(20-23-45)42-39-43-35-10-6-7-11-36(35)46(39)25-27-12-14-29(15-13-27)38(48)49-2/h3-17,24,31-32H,18-23,25-26H2,1-2H3,(H,42,43). The van der Waals surface area contributed by atoms with Crippen molar-refractivity contribution in [1.82, 2.24) is 19.4 Å². The van der Waals surface area contributed by atoms with Crippen LogP contribution in [0.15, 0.2) is 97.1 Å². The number of halogens is 2. The number of benzene rings is 4. The predicted octanol–water partition coefficient (Wildman–Crippen LogP) is 8.00. The van der Waals surface area contributed by atoms with E-state index in [4.69, 9.17) is 32.9 Å². The van der Waals surface area contributed by atoms with Gasteiger partial charge >= 0.3 is 5.97 Å². The number of anilines is 1. The van der Waals surface area contributed by atoms with Crippen molar-refractivity contribution < 1.29 is 14.3 Å². The third-order valence-electron chi connectivity index (χ3n) is 9.36. The Labute approximate surface area is 297 Å². The molecule has 0 saturated carbocycles. The van der Waals surface area contributed by atoms with E-state index in [0.29, 0.717) is 34.3 Å². The molecule has 2 heterocycles. The number of fused-ring (bicyclic) bond motifs is 1. The van der Waals surface area contributed by atoms with Crippen LogP contribution in [0.5, 0.6) is 0 Å². The first kappa shape index (κ1) is 34.5. The second-order valence-corrected chi connectivity index (χ2v) is 13.5. The number of methoxy groups -OCH3 is 1. The molecule has 0 radical (unpaired) electrons. The van der Waals surface area contributed by atoms with Crippen molar-refractivity contribution in [3.63, 3.8) is 0 Å². The second kappa shape index (κ2) is 15.9. The number of imidazole rings is 1. The molecule has 1 N–H and O–H groups in total. The lowest BCUT2D eigenvalue weighted by Crippen LogP contribution is -2.40. The molecular formula is C39H41Cl2N5O3. The Hall–Kier alpha value is -4.37. The molecule has 254 valence electrons. The Kier molecular flexibility index (Phi) is 11.2. The fourth-order valence-corrected chi connectivity index (χ4v) is 6.87. The summed E-state index contributed by atoms with van der Waals surface area (Å²) >= 11 is 12.7. The van der Waals surface area contributed by atoms with Crippen molar-refractivity contribution in [3.05, 3.63) is 129 Å². The number of para-hydroxylation sites is 2. The highest BCUT2D eigenvalue weighted by molar-refractivity contribution is 6.42. The summed E-state index contributed by atoms with van der Waals surface area (Å²) in [5.41, 5.74) is 5.36. The summed E-state index contributed by atoms with van der Waals surface area (Å²) in [6.45, 7) is 4.02. The number of hydrogen-bond donors (Lipinski definition) is 1. The first-order valence-electron chi connectivity index (χ1n) is 16.7. The molecule has 1 aliphatic heterocycles. The van der Waals surface area contributed by atoms with Gasteiger partial charge in [0.15, 0.2) is 0 Å². The van der Waals surface area contributed by atoms with Crippen molar-refractivity contribution in [3.8, 4) is 0 Å². The number of esters is 1. The summed E-state index contributed by atoms with van der Waals surface area (Å²) in [5, 5.41) is 4.81. The molecule has 1 fully saturated rings. The van der Waals surface area contributed by atoms with Gasteiger partial charge in [-0.05, 0) is 85.5 Å². The molecule has 0 bridgehead atoms. The molecule has 1 atom stereocenters. The number of aromatic nitrogens is 2. The number of carbonyl (C=O) groups excluding carboxylic acids is 2. The maximum atomic E-state index is 13.2. The molecule has 1 amide bonds. The van der Waals surface area contributed by atoms with E-state index < -0.39 is 0 Å². The SMILES string of the molecule is COC(=O)c1ccc(Cn2c(NC3CCN(CCC(CN(C)C(=O)c4ccccc4)c4ccc(Cl)c(Cl)c4)CC3)nc3ccccc32)cc1. The number of hydrogen-bond acceptors (Lipinski definition) is 6. The van der Waals surface area contributed by atoms with Gasteiger partial charge in [-0.2, -0.15) is 0 Å². The van der Waals surface area contributed by atoms with Gasteiger partial charge < -0.3 is 24.4 Å². The van der Waals surface area contributed by atoms with Crippen LogP contribution < -0.4 is 5.32 Å². The van der Waals surface area contributed by atoms with E-state index >= 15 is 0 Å². The summed E-state index contributed by atoms with van der Waals surface area (Å²) in [4.78, 5) is 34.4. The lowest BCUT2D eigenvalue weighted by molar-refractivity contribution is 0.0600. The molecule has 1 saturated heterocycles. The highest BCUT2D eigenvalue weighted by Crippen LogP contribution is 2.30. The smallest absolute Gasteiger partial charge is 0.337 e. The van der Waals surface area contributed by atoms with Crippen LogP contribution in [0.3, 0.4) is 0 Å². The lowest BCUT2D eigenvalue weighted by atomic mass is 9.94. The lowest BCUT2D eigenvalue weighted by Gasteiger charge is -2.34. The average molecular weight is 699 g/mol. The minimum Gasteiger partial charge on any atom is -0.465 e. The summed E-state index contributed by atoms with van der Waals surface area (Å²) in [5.74, 6) is 0.609. The van der Waals surface area contributed by atoms with Gasteiger partial charge in [0.05, 0.1) is 40.3 Å². The largest absolute Gasteiger partial charge is 0.465 e. The van der Waals surface area contributed by atoms with Crippen LogP contribution in [0.1, 0.15) is 57.0 Å². The van der Waals surface area contributed by atoms with Crippen LogP contribution >= 0.6 is 23.2 Å². The number of likely N-dealkylation sites (N-methyl/N-ethyl adjacent to an activating group) is 1. The fourth-order valence-electron chi connectivity index (χ4n) is 6.56. The van der Waals surface area contributed by atoms with Crippen LogP contribution in [0.25, 0.3) is 11.0 Å². The summed E-state index contributed by atoms with van der Waals surface area (Å²) in [6, 6.07) is 31.2. The number of nitrogens with one attached hydrogen (secondary N) is 1. The number of carbonyl (C=O) groups is 2. The van der Waals surface area contributed by atoms with E-state index in [2.05, 4.69) is 20.9 Å². The maximum absolute atomic E-state index is 13.2. The molecule has 0 spiro atoms. The molecule has 10 heteroatoms. The number of amides is 1. The zero-order valence-corrected chi connectivity index (χ0v) is 29.3. The van der Waals surface area contributed by atoms with Crippen molar-refractivity contribution in [2.45, 2.75) is 37.8 Å². The summed E-state index contributed by atoms with van der Waals surface area (Å²) in [7, 11) is 3.25. The topological polar surface area (TPSA) is 79.7 Å². The van der Waals surface area contributed by atoms with E-state index in [-0.39, 0.29) is 23.8 Å². The number of rotatable bonds is 12. The van der Waals surface area contributed by atoms with E-state index in [1.54, 1.807) is 17.0 Å². The van der Waals surface area contributed by atoms with Crippen LogP contribution in [0, 0.1) is 0 Å². The van der Waals surface area contributed by atoms with Crippen molar-refractivity contribution in [2.24, 2.45) is 0 Å². The average Bonchev–Trinajstić information content (AvgIpc) is 3.47. The van der Waals surface area contributed by atoms with Crippen LogP contribution in [0.2, 0.25) is 10.0 Å². The molecular weight excluding hydrogens is 657 g/mol. The molecule has 1 aromatic heterocycles. The number of piperidine rings is 1. The molecule has 1 unspecified atom stereocenters. The Bertz CT molecular complexity index is 1890. The second-order valence-electron chi connectivity index (χ2n) is 12.7. The van der Waals surface area contributed by atoms with Crippen LogP contribution in [-0.4, -0.2) is 77.6 Å². The van der Waals surface area contributed by atoms with E-state index in [0.717, 1.165) is 67.0 Å². The Balaban J connectivity index is 1.09. The van der Waals surface area contributed by atoms with Crippen LogP contribution in [-0.2, 0) is 11.3 Å². The molecule has 6 rings (SSSR count). The monoisotopic (exact) mass is 697 g/mol. The number of nitrogens with zero attached hydrogens (tertiary/aromatic N) is 4. The van der Waals surface area contributed by atoms with E-state index in [9.17, 15) is 9.59 Å². The molecule has 1 aliphatic rings. The minimum absolute atomic E-state index is 0.00165. The molecule has 4 aromatic carbocycles. The molecule has 49 heavy (non-hydrogen) atoms. The summed E-state index contributed by atoms with van der Waals surface area (Å²) < 4.78 is 7.07.